The van der Waals surface area contributed by atoms with Crippen molar-refractivity contribution in [3.63, 3.8) is 0 Å². The van der Waals surface area contributed by atoms with Crippen LogP contribution in [0.5, 0.6) is 0 Å². The van der Waals surface area contributed by atoms with Crippen LogP contribution < -0.4 is 5.32 Å². The molecule has 0 aromatic heterocycles. The Morgan fingerprint density at radius 1 is 1.18 bits per heavy atom. The molecule has 0 aromatic carbocycles. The van der Waals surface area contributed by atoms with Crippen LogP contribution >= 0.6 is 0 Å². The van der Waals surface area contributed by atoms with Gasteiger partial charge in [0.1, 0.15) is 24.4 Å². The van der Waals surface area contributed by atoms with Gasteiger partial charge in [0.15, 0.2) is 6.29 Å². The van der Waals surface area contributed by atoms with E-state index < -0.39 is 37.3 Å². The summed E-state index contributed by atoms with van der Waals surface area (Å²) < 4.78 is 10.4. The fourth-order valence-electron chi connectivity index (χ4n) is 1.65. The van der Waals surface area contributed by atoms with Crippen molar-refractivity contribution in [2.45, 2.75) is 37.1 Å². The monoisotopic (exact) mass is 251 g/mol. The summed E-state index contributed by atoms with van der Waals surface area (Å²) in [5, 5.41) is 40.5. The van der Waals surface area contributed by atoms with E-state index in [-0.39, 0.29) is 0 Å². The average molecular weight is 251 g/mol. The third-order valence-electron chi connectivity index (χ3n) is 2.70. The summed E-state index contributed by atoms with van der Waals surface area (Å²) >= 11 is 0. The molecule has 0 aliphatic carbocycles. The first-order valence-corrected chi connectivity index (χ1v) is 5.68. The molecule has 1 rings (SSSR count). The second-order valence-corrected chi connectivity index (χ2v) is 4.03. The zero-order chi connectivity index (χ0) is 12.8. The predicted octanol–water partition coefficient (Wildman–Crippen LogP) is -2.59. The van der Waals surface area contributed by atoms with Crippen LogP contribution in [-0.2, 0) is 9.47 Å². The van der Waals surface area contributed by atoms with Crippen LogP contribution in [0.25, 0.3) is 0 Å². The summed E-state index contributed by atoms with van der Waals surface area (Å²) in [6.07, 6.45) is -5.25. The molecule has 1 aliphatic heterocycles. The summed E-state index contributed by atoms with van der Waals surface area (Å²) in [7, 11) is 1.81. The van der Waals surface area contributed by atoms with E-state index in [1.807, 2.05) is 7.05 Å². The van der Waals surface area contributed by atoms with Crippen LogP contribution in [0, 0.1) is 0 Å². The van der Waals surface area contributed by atoms with E-state index in [2.05, 4.69) is 5.32 Å². The van der Waals surface area contributed by atoms with Crippen LogP contribution in [0.15, 0.2) is 0 Å². The lowest BCUT2D eigenvalue weighted by atomic mass is 9.99. The molecule has 102 valence electrons. The minimum atomic E-state index is -1.38. The molecule has 0 radical (unpaired) electrons. The molecule has 1 saturated heterocycles. The Bertz CT molecular complexity index is 215. The Morgan fingerprint density at radius 2 is 1.88 bits per heavy atom. The van der Waals surface area contributed by atoms with E-state index in [0.29, 0.717) is 6.61 Å². The highest BCUT2D eigenvalue weighted by Crippen LogP contribution is 2.21. The number of rotatable bonds is 6. The van der Waals surface area contributed by atoms with Crippen molar-refractivity contribution < 1.29 is 29.9 Å². The summed E-state index contributed by atoms with van der Waals surface area (Å²) in [5.41, 5.74) is 0. The van der Waals surface area contributed by atoms with Crippen molar-refractivity contribution in [2.75, 3.05) is 26.8 Å². The molecule has 17 heavy (non-hydrogen) atoms. The van der Waals surface area contributed by atoms with Gasteiger partial charge in [-0.1, -0.05) is 0 Å². The molecule has 2 unspecified atom stereocenters. The molecule has 5 N–H and O–H groups in total. The predicted molar refractivity (Wildman–Crippen MR) is 58.3 cm³/mol. The van der Waals surface area contributed by atoms with Gasteiger partial charge in [0.2, 0.25) is 0 Å². The molecule has 0 spiro atoms. The normalized spacial score (nSPS) is 38.3. The second-order valence-electron chi connectivity index (χ2n) is 4.03. The van der Waals surface area contributed by atoms with Crippen molar-refractivity contribution in [3.05, 3.63) is 0 Å². The summed E-state index contributed by atoms with van der Waals surface area (Å²) in [6, 6.07) is 0. The Kier molecular flexibility index (Phi) is 6.28. The van der Waals surface area contributed by atoms with Gasteiger partial charge in [-0.15, -0.1) is 0 Å². The molecule has 7 heteroatoms. The van der Waals surface area contributed by atoms with Crippen LogP contribution in [0.3, 0.4) is 0 Å². The number of aliphatic hydroxyl groups is 4. The molecule has 1 heterocycles. The minimum Gasteiger partial charge on any atom is -0.394 e. The van der Waals surface area contributed by atoms with E-state index in [1.165, 1.54) is 0 Å². The molecule has 0 amide bonds. The number of hydrogen-bond acceptors (Lipinski definition) is 7. The smallest absolute Gasteiger partial charge is 0.186 e. The van der Waals surface area contributed by atoms with Gasteiger partial charge in [-0.05, 0) is 20.0 Å². The first kappa shape index (κ1) is 14.8. The van der Waals surface area contributed by atoms with Gasteiger partial charge in [-0.3, -0.25) is 0 Å². The highest BCUT2D eigenvalue weighted by molar-refractivity contribution is 4.88. The second kappa shape index (κ2) is 7.22. The maximum atomic E-state index is 9.62. The molecular weight excluding hydrogens is 230 g/mol. The topological polar surface area (TPSA) is 111 Å². The Hall–Kier alpha value is -0.280. The van der Waals surface area contributed by atoms with Crippen LogP contribution in [0.2, 0.25) is 0 Å². The van der Waals surface area contributed by atoms with Gasteiger partial charge in [0.25, 0.3) is 0 Å². The number of nitrogens with one attached hydrogen (secondary N) is 1. The Labute approximate surface area is 100.0 Å². The minimum absolute atomic E-state index is 0.351. The number of hydrogen-bond donors (Lipinski definition) is 5. The van der Waals surface area contributed by atoms with E-state index in [9.17, 15) is 15.3 Å². The molecule has 7 nitrogen and oxygen atoms in total. The van der Waals surface area contributed by atoms with E-state index in [4.69, 9.17) is 14.6 Å². The highest BCUT2D eigenvalue weighted by Gasteiger charge is 2.43. The number of ether oxygens (including phenoxy) is 2. The SMILES string of the molecule is CNCCCOC1OC(CO)[C@@H](O)[C@H](O)[C@@H]1O. The van der Waals surface area contributed by atoms with Gasteiger partial charge < -0.3 is 35.2 Å². The van der Waals surface area contributed by atoms with E-state index >= 15 is 0 Å². The van der Waals surface area contributed by atoms with Crippen LogP contribution in [0.4, 0.5) is 0 Å². The lowest BCUT2D eigenvalue weighted by Gasteiger charge is -2.39. The summed E-state index contributed by atoms with van der Waals surface area (Å²) in [6.45, 7) is 0.669. The Morgan fingerprint density at radius 3 is 2.47 bits per heavy atom. The molecule has 0 saturated carbocycles. The lowest BCUT2D eigenvalue weighted by Crippen LogP contribution is -2.59. The first-order chi connectivity index (χ1) is 8.11. The largest absolute Gasteiger partial charge is 0.394 e. The van der Waals surface area contributed by atoms with Crippen molar-refractivity contribution in [1.29, 1.82) is 0 Å². The molecule has 5 atom stereocenters. The standard InChI is InChI=1S/C10H21NO6/c1-11-3-2-4-16-10-9(15)8(14)7(13)6(5-12)17-10/h6-15H,2-5H2,1H3/t6?,7-,8+,9+,10?/m1/s1. The third kappa shape index (κ3) is 3.85. The maximum Gasteiger partial charge on any atom is 0.186 e. The van der Waals surface area contributed by atoms with Gasteiger partial charge in [0, 0.05) is 0 Å². The number of aliphatic hydroxyl groups excluding tert-OH is 4. The first-order valence-electron chi connectivity index (χ1n) is 5.68. The zero-order valence-corrected chi connectivity index (χ0v) is 9.82. The zero-order valence-electron chi connectivity index (χ0n) is 9.82. The fraction of sp³-hybridized carbons (Fsp3) is 1.00. The van der Waals surface area contributed by atoms with E-state index in [0.717, 1.165) is 13.0 Å². The lowest BCUT2D eigenvalue weighted by molar-refractivity contribution is -0.301. The quantitative estimate of drug-likeness (QED) is 0.329. The van der Waals surface area contributed by atoms with Crippen molar-refractivity contribution in [3.8, 4) is 0 Å². The molecular formula is C10H21NO6. The molecule has 1 fully saturated rings. The van der Waals surface area contributed by atoms with Crippen molar-refractivity contribution in [1.82, 2.24) is 5.32 Å². The van der Waals surface area contributed by atoms with Crippen LogP contribution in [0.1, 0.15) is 6.42 Å². The Balaban J connectivity index is 2.42. The molecule has 1 aliphatic rings. The van der Waals surface area contributed by atoms with Gasteiger partial charge in [-0.25, -0.2) is 0 Å². The fourth-order valence-corrected chi connectivity index (χ4v) is 1.65. The van der Waals surface area contributed by atoms with Gasteiger partial charge in [-0.2, -0.15) is 0 Å². The third-order valence-corrected chi connectivity index (χ3v) is 2.70. The van der Waals surface area contributed by atoms with Crippen molar-refractivity contribution >= 4 is 0 Å². The molecule has 0 bridgehead atoms. The van der Waals surface area contributed by atoms with Crippen molar-refractivity contribution in [2.24, 2.45) is 0 Å². The van der Waals surface area contributed by atoms with Crippen LogP contribution in [-0.4, -0.2) is 77.9 Å². The summed E-state index contributed by atoms with van der Waals surface area (Å²) in [5.74, 6) is 0. The maximum absolute atomic E-state index is 9.62. The van der Waals surface area contributed by atoms with E-state index in [1.54, 1.807) is 0 Å². The highest BCUT2D eigenvalue weighted by atomic mass is 16.7. The average Bonchev–Trinajstić information content (AvgIpc) is 2.34. The van der Waals surface area contributed by atoms with Gasteiger partial charge in [0.05, 0.1) is 13.2 Å². The molecule has 0 aromatic rings. The summed E-state index contributed by atoms with van der Waals surface area (Å²) in [4.78, 5) is 0. The van der Waals surface area contributed by atoms with Gasteiger partial charge >= 0.3 is 0 Å².